The molecule has 0 aromatic carbocycles. The monoisotopic (exact) mass is 275 g/mol. The molecular formula is C15H21N3S. The molecule has 2 aromatic rings. The number of pyridine rings is 1. The van der Waals surface area contributed by atoms with Gasteiger partial charge in [0.1, 0.15) is 5.01 Å². The summed E-state index contributed by atoms with van der Waals surface area (Å²) in [6.45, 7) is 8.50. The number of thiazole rings is 1. The maximum Gasteiger partial charge on any atom is 0.125 e. The lowest BCUT2D eigenvalue weighted by atomic mass is 10.1. The average molecular weight is 275 g/mol. The third-order valence-electron chi connectivity index (χ3n) is 2.82. The maximum absolute atomic E-state index is 4.81. The molecule has 1 N–H and O–H groups in total. The van der Waals surface area contributed by atoms with Crippen molar-refractivity contribution < 1.29 is 0 Å². The first-order valence-electron chi connectivity index (χ1n) is 6.80. The van der Waals surface area contributed by atoms with Crippen LogP contribution >= 0.6 is 11.3 Å². The molecule has 3 nitrogen and oxygen atoms in total. The van der Waals surface area contributed by atoms with E-state index in [1.807, 2.05) is 12.3 Å². The van der Waals surface area contributed by atoms with Gasteiger partial charge in [0.15, 0.2) is 0 Å². The topological polar surface area (TPSA) is 37.8 Å². The molecule has 4 heteroatoms. The number of nitrogens with one attached hydrogen (secondary N) is 1. The minimum absolute atomic E-state index is 0.629. The van der Waals surface area contributed by atoms with E-state index in [-0.39, 0.29) is 0 Å². The summed E-state index contributed by atoms with van der Waals surface area (Å²) in [7, 11) is 0. The second-order valence-corrected chi connectivity index (χ2v) is 6.09. The normalized spacial score (nSPS) is 11.2. The molecule has 0 aliphatic rings. The molecule has 0 aliphatic heterocycles. The summed E-state index contributed by atoms with van der Waals surface area (Å²) >= 11 is 1.78. The Hall–Kier alpha value is -1.26. The van der Waals surface area contributed by atoms with Gasteiger partial charge in [0.25, 0.3) is 0 Å². The molecule has 0 atom stereocenters. The summed E-state index contributed by atoms with van der Waals surface area (Å²) < 4.78 is 0. The molecule has 0 spiro atoms. The van der Waals surface area contributed by atoms with Crippen molar-refractivity contribution in [1.29, 1.82) is 0 Å². The minimum Gasteiger partial charge on any atom is -0.312 e. The van der Waals surface area contributed by atoms with E-state index in [0.717, 1.165) is 30.1 Å². The summed E-state index contributed by atoms with van der Waals surface area (Å²) in [4.78, 5) is 10.3. The molecule has 0 saturated carbocycles. The largest absolute Gasteiger partial charge is 0.312 e. The molecule has 0 amide bonds. The Morgan fingerprint density at radius 3 is 2.84 bits per heavy atom. The molecule has 0 fully saturated rings. The molecule has 0 bridgehead atoms. The standard InChI is InChI=1S/C15H21N3S/c1-4-16-10-14-13(8-11(2)3)18-15(19-14)12-6-5-7-17-9-12/h5-7,9,11,16H,4,8,10H2,1-3H3. The number of aromatic nitrogens is 2. The average Bonchev–Trinajstić information content (AvgIpc) is 2.80. The highest BCUT2D eigenvalue weighted by Crippen LogP contribution is 2.28. The van der Waals surface area contributed by atoms with Crippen molar-refractivity contribution in [3.05, 3.63) is 35.1 Å². The van der Waals surface area contributed by atoms with Gasteiger partial charge < -0.3 is 5.32 Å². The van der Waals surface area contributed by atoms with Crippen LogP contribution in [0.25, 0.3) is 10.6 Å². The van der Waals surface area contributed by atoms with Crippen molar-refractivity contribution in [1.82, 2.24) is 15.3 Å². The number of hydrogen-bond donors (Lipinski definition) is 1. The smallest absolute Gasteiger partial charge is 0.125 e. The summed E-state index contributed by atoms with van der Waals surface area (Å²) in [5, 5.41) is 4.48. The lowest BCUT2D eigenvalue weighted by Gasteiger charge is -2.04. The molecule has 2 aromatic heterocycles. The number of hydrogen-bond acceptors (Lipinski definition) is 4. The Labute approximate surface area is 119 Å². The van der Waals surface area contributed by atoms with E-state index in [1.165, 1.54) is 10.6 Å². The van der Waals surface area contributed by atoms with Crippen LogP contribution in [0, 0.1) is 5.92 Å². The molecule has 19 heavy (non-hydrogen) atoms. The molecule has 2 rings (SSSR count). The fourth-order valence-electron chi connectivity index (χ4n) is 1.92. The van der Waals surface area contributed by atoms with Crippen molar-refractivity contribution >= 4 is 11.3 Å². The summed E-state index contributed by atoms with van der Waals surface area (Å²) in [5.41, 5.74) is 2.35. The third kappa shape index (κ3) is 3.85. The number of nitrogens with zero attached hydrogens (tertiary/aromatic N) is 2. The Kier molecular flexibility index (Phi) is 5.05. The van der Waals surface area contributed by atoms with Gasteiger partial charge in [-0.3, -0.25) is 4.98 Å². The molecular weight excluding hydrogens is 254 g/mol. The number of rotatable bonds is 6. The second-order valence-electron chi connectivity index (χ2n) is 5.01. The quantitative estimate of drug-likeness (QED) is 0.876. The Morgan fingerprint density at radius 1 is 1.37 bits per heavy atom. The van der Waals surface area contributed by atoms with E-state index in [4.69, 9.17) is 4.98 Å². The van der Waals surface area contributed by atoms with Crippen LogP contribution in [0.4, 0.5) is 0 Å². The van der Waals surface area contributed by atoms with E-state index >= 15 is 0 Å². The van der Waals surface area contributed by atoms with Crippen molar-refractivity contribution in [2.45, 2.75) is 33.7 Å². The molecule has 0 radical (unpaired) electrons. The van der Waals surface area contributed by atoms with Crippen LogP contribution in [0.2, 0.25) is 0 Å². The third-order valence-corrected chi connectivity index (χ3v) is 3.97. The lowest BCUT2D eigenvalue weighted by molar-refractivity contribution is 0.628. The van der Waals surface area contributed by atoms with Gasteiger partial charge in [0, 0.05) is 29.4 Å². The summed E-state index contributed by atoms with van der Waals surface area (Å²) in [6, 6.07) is 4.03. The highest BCUT2D eigenvalue weighted by molar-refractivity contribution is 7.15. The zero-order chi connectivity index (χ0) is 13.7. The van der Waals surface area contributed by atoms with Gasteiger partial charge in [0.05, 0.1) is 5.69 Å². The van der Waals surface area contributed by atoms with Gasteiger partial charge in [-0.15, -0.1) is 11.3 Å². The molecule has 0 saturated heterocycles. The van der Waals surface area contributed by atoms with Gasteiger partial charge >= 0.3 is 0 Å². The Balaban J connectivity index is 2.28. The zero-order valence-corrected chi connectivity index (χ0v) is 12.6. The van der Waals surface area contributed by atoms with E-state index in [2.05, 4.69) is 37.1 Å². The van der Waals surface area contributed by atoms with Crippen LogP contribution in [0.3, 0.4) is 0 Å². The van der Waals surface area contributed by atoms with Gasteiger partial charge in [-0.2, -0.15) is 0 Å². The van der Waals surface area contributed by atoms with Gasteiger partial charge in [0.2, 0.25) is 0 Å². The highest BCUT2D eigenvalue weighted by Gasteiger charge is 2.13. The fourth-order valence-corrected chi connectivity index (χ4v) is 2.97. The van der Waals surface area contributed by atoms with Gasteiger partial charge in [-0.25, -0.2) is 4.98 Å². The predicted octanol–water partition coefficient (Wildman–Crippen LogP) is 3.51. The maximum atomic E-state index is 4.81. The Bertz CT molecular complexity index is 505. The molecule has 0 aliphatic carbocycles. The van der Waals surface area contributed by atoms with Crippen molar-refractivity contribution in [2.24, 2.45) is 5.92 Å². The molecule has 2 heterocycles. The van der Waals surface area contributed by atoms with Crippen LogP contribution in [-0.4, -0.2) is 16.5 Å². The first-order valence-corrected chi connectivity index (χ1v) is 7.62. The van der Waals surface area contributed by atoms with Crippen LogP contribution < -0.4 is 5.32 Å². The van der Waals surface area contributed by atoms with Crippen molar-refractivity contribution in [3.8, 4) is 10.6 Å². The van der Waals surface area contributed by atoms with E-state index in [9.17, 15) is 0 Å². The van der Waals surface area contributed by atoms with Crippen molar-refractivity contribution in [3.63, 3.8) is 0 Å². The molecule has 0 unspecified atom stereocenters. The minimum atomic E-state index is 0.629. The fraction of sp³-hybridized carbons (Fsp3) is 0.467. The van der Waals surface area contributed by atoms with E-state index < -0.39 is 0 Å². The van der Waals surface area contributed by atoms with Crippen LogP contribution in [0.15, 0.2) is 24.5 Å². The SMILES string of the molecule is CCNCc1sc(-c2cccnc2)nc1CC(C)C. The van der Waals surface area contributed by atoms with Crippen LogP contribution in [-0.2, 0) is 13.0 Å². The predicted molar refractivity (Wildman–Crippen MR) is 81.3 cm³/mol. The summed E-state index contributed by atoms with van der Waals surface area (Å²) in [6.07, 6.45) is 4.72. The second kappa shape index (κ2) is 6.78. The van der Waals surface area contributed by atoms with Gasteiger partial charge in [-0.1, -0.05) is 20.8 Å². The zero-order valence-electron chi connectivity index (χ0n) is 11.8. The van der Waals surface area contributed by atoms with Crippen LogP contribution in [0.5, 0.6) is 0 Å². The first kappa shape index (κ1) is 14.2. The van der Waals surface area contributed by atoms with Crippen LogP contribution in [0.1, 0.15) is 31.3 Å². The van der Waals surface area contributed by atoms with Crippen molar-refractivity contribution in [2.75, 3.05) is 6.54 Å². The molecule has 102 valence electrons. The van der Waals surface area contributed by atoms with E-state index in [0.29, 0.717) is 5.92 Å². The Morgan fingerprint density at radius 2 is 2.21 bits per heavy atom. The van der Waals surface area contributed by atoms with E-state index in [1.54, 1.807) is 17.5 Å². The highest BCUT2D eigenvalue weighted by atomic mass is 32.1. The van der Waals surface area contributed by atoms with Gasteiger partial charge in [-0.05, 0) is 31.0 Å². The first-order chi connectivity index (χ1) is 9.20. The summed E-state index contributed by atoms with van der Waals surface area (Å²) in [5.74, 6) is 0.629. The lowest BCUT2D eigenvalue weighted by Crippen LogP contribution is -2.12.